The predicted octanol–water partition coefficient (Wildman–Crippen LogP) is 4.13. The first-order chi connectivity index (χ1) is 10.1. The molecule has 1 N–H and O–H groups in total. The van der Waals surface area contributed by atoms with Crippen LogP contribution >= 0.6 is 0 Å². The van der Waals surface area contributed by atoms with Gasteiger partial charge in [0.25, 0.3) is 0 Å². The van der Waals surface area contributed by atoms with Gasteiger partial charge in [-0.15, -0.1) is 0 Å². The van der Waals surface area contributed by atoms with E-state index >= 15 is 0 Å². The smallest absolute Gasteiger partial charge is 0.123 e. The van der Waals surface area contributed by atoms with Gasteiger partial charge in [0.1, 0.15) is 5.82 Å². The zero-order valence-corrected chi connectivity index (χ0v) is 13.7. The highest BCUT2D eigenvalue weighted by molar-refractivity contribution is 5.24. The summed E-state index contributed by atoms with van der Waals surface area (Å²) in [5, 5.41) is 3.73. The topological polar surface area (TPSA) is 15.3 Å². The zero-order chi connectivity index (χ0) is 15.3. The fourth-order valence-corrected chi connectivity index (χ4v) is 3.72. The van der Waals surface area contributed by atoms with Crippen molar-refractivity contribution in [1.82, 2.24) is 10.2 Å². The van der Waals surface area contributed by atoms with Gasteiger partial charge < -0.3 is 10.2 Å². The molecule has 3 heteroatoms. The lowest BCUT2D eigenvalue weighted by molar-refractivity contribution is 0.0564. The van der Waals surface area contributed by atoms with Crippen molar-refractivity contribution in [3.05, 3.63) is 35.6 Å². The van der Waals surface area contributed by atoms with Gasteiger partial charge in [-0.05, 0) is 57.6 Å². The molecule has 1 aromatic carbocycles. The van der Waals surface area contributed by atoms with Crippen LogP contribution in [0.1, 0.15) is 57.1 Å². The Morgan fingerprint density at radius 2 is 1.76 bits per heavy atom. The first-order valence-electron chi connectivity index (χ1n) is 8.26. The van der Waals surface area contributed by atoms with E-state index in [-0.39, 0.29) is 17.4 Å². The molecule has 0 heterocycles. The van der Waals surface area contributed by atoms with Gasteiger partial charge in [0.05, 0.1) is 6.04 Å². The molecule has 0 radical (unpaired) electrons. The first-order valence-corrected chi connectivity index (χ1v) is 8.26. The minimum absolute atomic E-state index is 0.144. The van der Waals surface area contributed by atoms with Crippen molar-refractivity contribution < 1.29 is 4.39 Å². The van der Waals surface area contributed by atoms with E-state index in [9.17, 15) is 4.39 Å². The van der Waals surface area contributed by atoms with E-state index in [0.29, 0.717) is 0 Å². The molecular weight excluding hydrogens is 263 g/mol. The molecule has 0 saturated heterocycles. The molecule has 0 aromatic heterocycles. The van der Waals surface area contributed by atoms with Gasteiger partial charge in [-0.2, -0.15) is 0 Å². The summed E-state index contributed by atoms with van der Waals surface area (Å²) in [6.07, 6.45) is 7.42. The van der Waals surface area contributed by atoms with Crippen LogP contribution in [0.5, 0.6) is 0 Å². The molecule has 0 aliphatic heterocycles. The SMILES string of the molecule is CCCNC(c1ccc(F)cc1)C1(N(C)C)CCCCC1. The highest BCUT2D eigenvalue weighted by atomic mass is 19.1. The van der Waals surface area contributed by atoms with Crippen LogP contribution in [0.15, 0.2) is 24.3 Å². The van der Waals surface area contributed by atoms with Crippen molar-refractivity contribution in [2.24, 2.45) is 0 Å². The van der Waals surface area contributed by atoms with Gasteiger partial charge >= 0.3 is 0 Å². The van der Waals surface area contributed by atoms with Gasteiger partial charge in [-0.3, -0.25) is 0 Å². The van der Waals surface area contributed by atoms with Gasteiger partial charge in [0.15, 0.2) is 0 Å². The van der Waals surface area contributed by atoms with Crippen LogP contribution in [0.3, 0.4) is 0 Å². The van der Waals surface area contributed by atoms with Crippen LogP contribution in [0, 0.1) is 5.82 Å². The Balaban J connectivity index is 2.34. The van der Waals surface area contributed by atoms with E-state index in [0.717, 1.165) is 13.0 Å². The number of nitrogens with zero attached hydrogens (tertiary/aromatic N) is 1. The lowest BCUT2D eigenvalue weighted by Gasteiger charge is -2.49. The second kappa shape index (κ2) is 7.37. The Kier molecular flexibility index (Phi) is 5.77. The molecular formula is C18H29FN2. The van der Waals surface area contributed by atoms with Gasteiger partial charge in [0.2, 0.25) is 0 Å². The van der Waals surface area contributed by atoms with Crippen LogP contribution in [0.2, 0.25) is 0 Å². The van der Waals surface area contributed by atoms with E-state index in [4.69, 9.17) is 0 Å². The zero-order valence-electron chi connectivity index (χ0n) is 13.7. The van der Waals surface area contributed by atoms with Crippen molar-refractivity contribution in [3.63, 3.8) is 0 Å². The van der Waals surface area contributed by atoms with E-state index in [2.05, 4.69) is 31.2 Å². The summed E-state index contributed by atoms with van der Waals surface area (Å²) < 4.78 is 13.3. The largest absolute Gasteiger partial charge is 0.308 e. The van der Waals surface area contributed by atoms with E-state index in [1.165, 1.54) is 37.7 Å². The molecule has 1 saturated carbocycles. The quantitative estimate of drug-likeness (QED) is 0.848. The highest BCUT2D eigenvalue weighted by Gasteiger charge is 2.42. The number of likely N-dealkylation sites (N-methyl/N-ethyl adjacent to an activating group) is 1. The summed E-state index contributed by atoms with van der Waals surface area (Å²) in [6.45, 7) is 3.19. The standard InChI is InChI=1S/C18H29FN2/c1-4-14-20-17(15-8-10-16(19)11-9-15)18(21(2)3)12-6-5-7-13-18/h8-11,17,20H,4-7,12-14H2,1-3H3. The highest BCUT2D eigenvalue weighted by Crippen LogP contribution is 2.42. The Hall–Kier alpha value is -0.930. The maximum Gasteiger partial charge on any atom is 0.123 e. The van der Waals surface area contributed by atoms with Crippen LogP contribution in [-0.2, 0) is 0 Å². The van der Waals surface area contributed by atoms with Crippen LogP contribution in [0.4, 0.5) is 4.39 Å². The van der Waals surface area contributed by atoms with E-state index < -0.39 is 0 Å². The Morgan fingerprint density at radius 1 is 1.14 bits per heavy atom. The predicted molar refractivity (Wildman–Crippen MR) is 86.9 cm³/mol. The van der Waals surface area contributed by atoms with Crippen molar-refractivity contribution in [1.29, 1.82) is 0 Å². The summed E-state index contributed by atoms with van der Waals surface area (Å²) in [6, 6.07) is 7.34. The third kappa shape index (κ3) is 3.64. The third-order valence-corrected chi connectivity index (χ3v) is 4.95. The van der Waals surface area contributed by atoms with Gasteiger partial charge in [0, 0.05) is 5.54 Å². The summed E-state index contributed by atoms with van der Waals surface area (Å²) in [4.78, 5) is 2.39. The fraction of sp³-hybridized carbons (Fsp3) is 0.667. The Labute approximate surface area is 128 Å². The third-order valence-electron chi connectivity index (χ3n) is 4.95. The van der Waals surface area contributed by atoms with E-state index in [1.807, 2.05) is 12.1 Å². The molecule has 21 heavy (non-hydrogen) atoms. The first kappa shape index (κ1) is 16.4. The van der Waals surface area contributed by atoms with Crippen LogP contribution in [0.25, 0.3) is 0 Å². The molecule has 2 rings (SSSR count). The number of hydrogen-bond acceptors (Lipinski definition) is 2. The normalized spacial score (nSPS) is 19.7. The molecule has 2 nitrogen and oxygen atoms in total. The van der Waals surface area contributed by atoms with Crippen molar-refractivity contribution in [2.75, 3.05) is 20.6 Å². The number of hydrogen-bond donors (Lipinski definition) is 1. The van der Waals surface area contributed by atoms with Gasteiger partial charge in [-0.25, -0.2) is 4.39 Å². The molecule has 1 fully saturated rings. The van der Waals surface area contributed by atoms with Crippen molar-refractivity contribution in [3.8, 4) is 0 Å². The fourth-order valence-electron chi connectivity index (χ4n) is 3.72. The summed E-state index contributed by atoms with van der Waals surface area (Å²) in [5.74, 6) is -0.157. The number of halogens is 1. The molecule has 118 valence electrons. The lowest BCUT2D eigenvalue weighted by Crippen LogP contribution is -2.55. The molecule has 1 aliphatic rings. The molecule has 1 atom stereocenters. The van der Waals surface area contributed by atoms with E-state index in [1.54, 1.807) is 12.1 Å². The van der Waals surface area contributed by atoms with Crippen LogP contribution in [-0.4, -0.2) is 31.1 Å². The summed E-state index contributed by atoms with van der Waals surface area (Å²) in [7, 11) is 4.38. The molecule has 0 amide bonds. The second-order valence-electron chi connectivity index (χ2n) is 6.50. The Morgan fingerprint density at radius 3 is 2.29 bits per heavy atom. The molecule has 0 bridgehead atoms. The summed E-state index contributed by atoms with van der Waals surface area (Å²) >= 11 is 0. The average Bonchev–Trinajstić information content (AvgIpc) is 2.50. The van der Waals surface area contributed by atoms with Crippen molar-refractivity contribution >= 4 is 0 Å². The number of benzene rings is 1. The minimum atomic E-state index is -0.157. The van der Waals surface area contributed by atoms with Crippen LogP contribution < -0.4 is 5.32 Å². The number of rotatable bonds is 6. The lowest BCUT2D eigenvalue weighted by atomic mass is 9.73. The number of nitrogens with one attached hydrogen (secondary N) is 1. The van der Waals surface area contributed by atoms with Crippen molar-refractivity contribution in [2.45, 2.75) is 57.0 Å². The monoisotopic (exact) mass is 292 g/mol. The maximum absolute atomic E-state index is 13.3. The average molecular weight is 292 g/mol. The molecule has 1 unspecified atom stereocenters. The maximum atomic E-state index is 13.3. The molecule has 1 aliphatic carbocycles. The van der Waals surface area contributed by atoms with Gasteiger partial charge in [-0.1, -0.05) is 38.3 Å². The second-order valence-corrected chi connectivity index (χ2v) is 6.50. The minimum Gasteiger partial charge on any atom is -0.308 e. The summed E-state index contributed by atoms with van der Waals surface area (Å²) in [5.41, 5.74) is 1.35. The molecule has 1 aromatic rings. The molecule has 0 spiro atoms. The Bertz CT molecular complexity index is 421.